The van der Waals surface area contributed by atoms with Gasteiger partial charge in [-0.15, -0.1) is 0 Å². The van der Waals surface area contributed by atoms with Gasteiger partial charge in [0, 0.05) is 0 Å². The second-order valence-electron chi connectivity index (χ2n) is 4.19. The number of hydrogen-bond acceptors (Lipinski definition) is 4. The zero-order valence-corrected chi connectivity index (χ0v) is 10.3. The van der Waals surface area contributed by atoms with Gasteiger partial charge in [-0.3, -0.25) is 4.79 Å². The molecule has 1 rings (SSSR count). The highest BCUT2D eigenvalue weighted by Crippen LogP contribution is 2.42. The molecular formula is C9H16N2O5S. The first-order valence-corrected chi connectivity index (χ1v) is 6.85. The van der Waals surface area contributed by atoms with Gasteiger partial charge in [-0.2, -0.15) is 0 Å². The Morgan fingerprint density at radius 1 is 1.47 bits per heavy atom. The Bertz CT molecular complexity index is 427. The summed E-state index contributed by atoms with van der Waals surface area (Å²) in [4.78, 5) is 22.6. The Balaban J connectivity index is 2.76. The van der Waals surface area contributed by atoms with Gasteiger partial charge in [0.2, 0.25) is 15.9 Å². The smallest absolute Gasteiger partial charge is 0.326 e. The first kappa shape index (κ1) is 13.9. The highest BCUT2D eigenvalue weighted by Gasteiger charge is 2.60. The Morgan fingerprint density at radius 2 is 2.00 bits per heavy atom. The molecule has 0 aromatic heterocycles. The van der Waals surface area contributed by atoms with Crippen molar-refractivity contribution in [2.24, 2.45) is 5.14 Å². The number of sulfonamides is 1. The summed E-state index contributed by atoms with van der Waals surface area (Å²) in [6.07, 6.45) is 1.12. The van der Waals surface area contributed by atoms with Crippen LogP contribution < -0.4 is 10.5 Å². The second kappa shape index (κ2) is 4.61. The molecule has 17 heavy (non-hydrogen) atoms. The number of primary sulfonamides is 1. The van der Waals surface area contributed by atoms with Gasteiger partial charge in [0.05, 0.1) is 0 Å². The normalized spacial score (nSPS) is 19.4. The van der Waals surface area contributed by atoms with Gasteiger partial charge in [-0.25, -0.2) is 18.4 Å². The van der Waals surface area contributed by atoms with Crippen LogP contribution in [0.4, 0.5) is 0 Å². The Morgan fingerprint density at radius 3 is 2.29 bits per heavy atom. The van der Waals surface area contributed by atoms with Gasteiger partial charge in [0.1, 0.15) is 6.04 Å². The minimum atomic E-state index is -3.98. The van der Waals surface area contributed by atoms with Crippen LogP contribution >= 0.6 is 0 Å². The van der Waals surface area contributed by atoms with E-state index in [4.69, 9.17) is 10.2 Å². The molecule has 7 nitrogen and oxygen atoms in total. The van der Waals surface area contributed by atoms with E-state index in [1.807, 2.05) is 0 Å². The lowest BCUT2D eigenvalue weighted by Gasteiger charge is -2.17. The Kier molecular flexibility index (Phi) is 3.78. The predicted molar refractivity (Wildman–Crippen MR) is 59.5 cm³/mol. The quantitative estimate of drug-likeness (QED) is 0.577. The number of aliphatic carboxylic acids is 1. The van der Waals surface area contributed by atoms with E-state index in [1.165, 1.54) is 0 Å². The third kappa shape index (κ3) is 2.75. The summed E-state index contributed by atoms with van der Waals surface area (Å²) in [6.45, 7) is 1.77. The number of hydrogen-bond donors (Lipinski definition) is 3. The van der Waals surface area contributed by atoms with Crippen LogP contribution in [0, 0.1) is 0 Å². The maximum Gasteiger partial charge on any atom is 0.326 e. The lowest BCUT2D eigenvalue weighted by Crippen LogP contribution is -2.50. The van der Waals surface area contributed by atoms with Crippen LogP contribution in [0.1, 0.15) is 32.6 Å². The van der Waals surface area contributed by atoms with E-state index < -0.39 is 32.7 Å². The van der Waals surface area contributed by atoms with Crippen molar-refractivity contribution in [3.63, 3.8) is 0 Å². The maximum absolute atomic E-state index is 11.7. The summed E-state index contributed by atoms with van der Waals surface area (Å²) < 4.78 is 20.9. The molecule has 8 heteroatoms. The van der Waals surface area contributed by atoms with Gasteiger partial charge in [0.25, 0.3) is 0 Å². The van der Waals surface area contributed by atoms with E-state index in [0.29, 0.717) is 6.42 Å². The fourth-order valence-corrected chi connectivity index (χ4v) is 2.58. The third-order valence-electron chi connectivity index (χ3n) is 2.84. The van der Waals surface area contributed by atoms with Crippen LogP contribution in [0.3, 0.4) is 0 Å². The molecule has 1 aliphatic carbocycles. The van der Waals surface area contributed by atoms with Gasteiger partial charge >= 0.3 is 5.97 Å². The van der Waals surface area contributed by atoms with E-state index in [0.717, 1.165) is 0 Å². The predicted octanol–water partition coefficient (Wildman–Crippen LogP) is -0.823. The van der Waals surface area contributed by atoms with Crippen molar-refractivity contribution >= 4 is 21.9 Å². The number of carbonyl (C=O) groups is 2. The molecule has 0 bridgehead atoms. The van der Waals surface area contributed by atoms with Gasteiger partial charge in [-0.05, 0) is 19.3 Å². The zero-order chi connectivity index (χ0) is 13.3. The van der Waals surface area contributed by atoms with Crippen molar-refractivity contribution in [1.82, 2.24) is 5.32 Å². The molecule has 0 spiro atoms. The molecule has 98 valence electrons. The number of rotatable bonds is 6. The second-order valence-corrected chi connectivity index (χ2v) is 6.06. The number of carboxylic acids is 1. The molecule has 1 amide bonds. The summed E-state index contributed by atoms with van der Waals surface area (Å²) in [6, 6.07) is -1.06. The third-order valence-corrected chi connectivity index (χ3v) is 4.53. The number of nitrogens with two attached hydrogens (primary N) is 1. The molecule has 0 aliphatic heterocycles. The van der Waals surface area contributed by atoms with Crippen molar-refractivity contribution in [3.05, 3.63) is 0 Å². The molecular weight excluding hydrogens is 248 g/mol. The van der Waals surface area contributed by atoms with Crippen molar-refractivity contribution < 1.29 is 23.1 Å². The molecule has 1 atom stereocenters. The molecule has 1 fully saturated rings. The van der Waals surface area contributed by atoms with Crippen LogP contribution in [0.2, 0.25) is 0 Å². The molecule has 0 saturated heterocycles. The van der Waals surface area contributed by atoms with Gasteiger partial charge < -0.3 is 10.4 Å². The minimum absolute atomic E-state index is 0.149. The van der Waals surface area contributed by atoms with E-state index >= 15 is 0 Å². The summed E-state index contributed by atoms with van der Waals surface area (Å²) >= 11 is 0. The minimum Gasteiger partial charge on any atom is -0.480 e. The van der Waals surface area contributed by atoms with E-state index in [2.05, 4.69) is 5.32 Å². The van der Waals surface area contributed by atoms with E-state index in [-0.39, 0.29) is 19.3 Å². The molecule has 0 heterocycles. The van der Waals surface area contributed by atoms with Crippen LogP contribution in [0.25, 0.3) is 0 Å². The van der Waals surface area contributed by atoms with Crippen molar-refractivity contribution in [2.45, 2.75) is 43.4 Å². The first-order valence-electron chi connectivity index (χ1n) is 5.30. The van der Waals surface area contributed by atoms with E-state index in [1.54, 1.807) is 6.92 Å². The monoisotopic (exact) mass is 264 g/mol. The zero-order valence-electron chi connectivity index (χ0n) is 9.47. The van der Waals surface area contributed by atoms with Crippen LogP contribution in [-0.4, -0.2) is 36.2 Å². The fraction of sp³-hybridized carbons (Fsp3) is 0.778. The molecule has 0 aromatic carbocycles. The van der Waals surface area contributed by atoms with Crippen LogP contribution in [0.5, 0.6) is 0 Å². The molecule has 1 unspecified atom stereocenters. The highest BCUT2D eigenvalue weighted by atomic mass is 32.2. The number of nitrogens with one attached hydrogen (secondary N) is 1. The SMILES string of the molecule is CCCC(NC(=O)C1(S(N)(=O)=O)CC1)C(=O)O. The number of amides is 1. The Hall–Kier alpha value is -1.15. The fourth-order valence-electron chi connectivity index (χ4n) is 1.59. The van der Waals surface area contributed by atoms with E-state index in [9.17, 15) is 18.0 Å². The summed E-state index contributed by atoms with van der Waals surface area (Å²) in [7, 11) is -3.98. The topological polar surface area (TPSA) is 127 Å². The average molecular weight is 264 g/mol. The molecule has 0 aromatic rings. The maximum atomic E-state index is 11.7. The number of carboxylic acid groups (broad SMARTS) is 1. The van der Waals surface area contributed by atoms with Crippen molar-refractivity contribution in [1.29, 1.82) is 0 Å². The standard InChI is InChI=1S/C9H16N2O5S/c1-2-3-6(7(12)13)11-8(14)9(4-5-9)17(10,15)16/h6H,2-5H2,1H3,(H,11,14)(H,12,13)(H2,10,15,16). The molecule has 0 radical (unpaired) electrons. The average Bonchev–Trinajstić information content (AvgIpc) is 2.95. The van der Waals surface area contributed by atoms with Crippen LogP contribution in [0.15, 0.2) is 0 Å². The van der Waals surface area contributed by atoms with Crippen molar-refractivity contribution in [3.8, 4) is 0 Å². The highest BCUT2D eigenvalue weighted by molar-refractivity contribution is 7.91. The molecule has 1 saturated carbocycles. The lowest BCUT2D eigenvalue weighted by atomic mass is 10.1. The largest absolute Gasteiger partial charge is 0.480 e. The van der Waals surface area contributed by atoms with Gasteiger partial charge in [-0.1, -0.05) is 13.3 Å². The Labute approximate surface area is 99.4 Å². The number of carbonyl (C=O) groups excluding carboxylic acids is 1. The molecule has 1 aliphatic rings. The van der Waals surface area contributed by atoms with Crippen molar-refractivity contribution in [2.75, 3.05) is 0 Å². The summed E-state index contributed by atoms with van der Waals surface area (Å²) in [5.74, 6) is -1.98. The summed E-state index contributed by atoms with van der Waals surface area (Å²) in [5, 5.41) is 16.0. The van der Waals surface area contributed by atoms with Crippen LogP contribution in [-0.2, 0) is 19.6 Å². The van der Waals surface area contributed by atoms with Gasteiger partial charge in [0.15, 0.2) is 4.75 Å². The first-order chi connectivity index (χ1) is 7.74. The lowest BCUT2D eigenvalue weighted by molar-refractivity contribution is -0.142. The molecule has 4 N–H and O–H groups in total. The summed E-state index contributed by atoms with van der Waals surface area (Å²) in [5.41, 5.74) is 0.